The third-order valence-electron chi connectivity index (χ3n) is 4.47. The average molecular weight is 386 g/mol. The fourth-order valence-corrected chi connectivity index (χ4v) is 3.04. The lowest BCUT2D eigenvalue weighted by Crippen LogP contribution is -2.18. The van der Waals surface area contributed by atoms with Gasteiger partial charge in [-0.3, -0.25) is 0 Å². The van der Waals surface area contributed by atoms with Crippen molar-refractivity contribution in [2.75, 3.05) is 0 Å². The summed E-state index contributed by atoms with van der Waals surface area (Å²) in [6.07, 6.45) is -0.322. The van der Waals surface area contributed by atoms with Gasteiger partial charge < -0.3 is 9.52 Å². The van der Waals surface area contributed by atoms with Crippen LogP contribution in [0.25, 0.3) is 16.3 Å². The van der Waals surface area contributed by atoms with Crippen molar-refractivity contribution in [3.63, 3.8) is 0 Å². The topological polar surface area (TPSA) is 63.5 Å². The molecule has 7 heteroatoms. The zero-order valence-corrected chi connectivity index (χ0v) is 15.5. The van der Waals surface area contributed by atoms with Gasteiger partial charge in [-0.05, 0) is 55.7 Å². The lowest BCUT2D eigenvalue weighted by Gasteiger charge is -2.18. The monoisotopic (exact) mass is 385 g/mol. The van der Waals surface area contributed by atoms with Crippen LogP contribution in [0.1, 0.15) is 29.9 Å². The molecule has 0 unspecified atom stereocenters. The maximum atomic E-state index is 13.1. The molecule has 3 rings (SSSR count). The average Bonchev–Trinajstić information content (AvgIpc) is 3.13. The standard InChI is InChI=1S/C20H17ClFN3O2/c1-11-14(6-9-17(23-3)18(11)21)10-16(12(2)26)20-25-24-19(27-20)13-4-7-15(22)8-5-13/h4-9,12,16,26H,10H2,1-2H3/t12-,16+/m0/s1. The van der Waals surface area contributed by atoms with Crippen LogP contribution in [0.15, 0.2) is 40.8 Å². The minimum atomic E-state index is -0.745. The largest absolute Gasteiger partial charge is 0.420 e. The second-order valence-corrected chi connectivity index (χ2v) is 6.68. The van der Waals surface area contributed by atoms with Crippen molar-refractivity contribution in [3.8, 4) is 11.5 Å². The number of hydrogen-bond donors (Lipinski definition) is 1. The number of rotatable bonds is 5. The fourth-order valence-electron chi connectivity index (χ4n) is 2.81. The molecule has 0 fully saturated rings. The molecule has 0 saturated heterocycles. The van der Waals surface area contributed by atoms with Crippen molar-refractivity contribution in [2.45, 2.75) is 32.3 Å². The third-order valence-corrected chi connectivity index (χ3v) is 4.95. The zero-order valence-electron chi connectivity index (χ0n) is 14.8. The molecule has 1 N–H and O–H groups in total. The number of halogens is 2. The number of hydrogen-bond acceptors (Lipinski definition) is 4. The molecule has 0 aliphatic rings. The Morgan fingerprint density at radius 1 is 1.22 bits per heavy atom. The highest BCUT2D eigenvalue weighted by atomic mass is 35.5. The summed E-state index contributed by atoms with van der Waals surface area (Å²) in [5.41, 5.74) is 2.66. The molecule has 0 spiro atoms. The van der Waals surface area contributed by atoms with Gasteiger partial charge in [-0.1, -0.05) is 23.7 Å². The van der Waals surface area contributed by atoms with Crippen LogP contribution < -0.4 is 0 Å². The van der Waals surface area contributed by atoms with Crippen molar-refractivity contribution >= 4 is 17.3 Å². The Kier molecular flexibility index (Phi) is 5.54. The van der Waals surface area contributed by atoms with E-state index in [1.165, 1.54) is 12.1 Å². The SMILES string of the molecule is [C-]#[N+]c1ccc(C[C@@H](c2nnc(-c3ccc(F)cc3)o2)[C@H](C)O)c(C)c1Cl. The Balaban J connectivity index is 1.90. The molecule has 0 saturated carbocycles. The number of nitrogens with zero attached hydrogens (tertiary/aromatic N) is 3. The maximum absolute atomic E-state index is 13.1. The lowest BCUT2D eigenvalue weighted by atomic mass is 9.92. The molecular weight excluding hydrogens is 369 g/mol. The second kappa shape index (κ2) is 7.87. The summed E-state index contributed by atoms with van der Waals surface area (Å²) in [7, 11) is 0. The molecule has 0 bridgehead atoms. The third kappa shape index (κ3) is 4.00. The minimum absolute atomic E-state index is 0.258. The molecule has 1 aromatic heterocycles. The molecule has 2 aromatic carbocycles. The normalized spacial score (nSPS) is 13.2. The van der Waals surface area contributed by atoms with Crippen LogP contribution in [0.3, 0.4) is 0 Å². The van der Waals surface area contributed by atoms with Crippen LogP contribution in [0.5, 0.6) is 0 Å². The maximum Gasteiger partial charge on any atom is 0.247 e. The van der Waals surface area contributed by atoms with Crippen molar-refractivity contribution in [1.82, 2.24) is 10.2 Å². The van der Waals surface area contributed by atoms with Gasteiger partial charge in [0.2, 0.25) is 17.5 Å². The van der Waals surface area contributed by atoms with E-state index in [9.17, 15) is 9.50 Å². The van der Waals surface area contributed by atoms with Gasteiger partial charge in [0.1, 0.15) is 5.82 Å². The van der Waals surface area contributed by atoms with Gasteiger partial charge in [-0.15, -0.1) is 10.2 Å². The van der Waals surface area contributed by atoms with Crippen molar-refractivity contribution in [1.29, 1.82) is 0 Å². The highest BCUT2D eigenvalue weighted by Gasteiger charge is 2.26. The Morgan fingerprint density at radius 3 is 2.56 bits per heavy atom. The van der Waals surface area contributed by atoms with Gasteiger partial charge in [0.15, 0.2) is 0 Å². The number of benzene rings is 2. The molecule has 0 aliphatic heterocycles. The first-order valence-electron chi connectivity index (χ1n) is 8.33. The summed E-state index contributed by atoms with van der Waals surface area (Å²) in [6.45, 7) is 10.6. The predicted molar refractivity (Wildman–Crippen MR) is 100 cm³/mol. The molecule has 0 amide bonds. The summed E-state index contributed by atoms with van der Waals surface area (Å²) in [5, 5.41) is 18.7. The molecule has 27 heavy (non-hydrogen) atoms. The van der Waals surface area contributed by atoms with E-state index < -0.39 is 12.0 Å². The van der Waals surface area contributed by atoms with Crippen LogP contribution in [-0.4, -0.2) is 21.4 Å². The molecule has 1 heterocycles. The first kappa shape index (κ1) is 19.0. The highest BCUT2D eigenvalue weighted by Crippen LogP contribution is 2.34. The summed E-state index contributed by atoms with van der Waals surface area (Å²) in [5.74, 6) is -0.251. The molecule has 3 aromatic rings. The minimum Gasteiger partial charge on any atom is -0.420 e. The van der Waals surface area contributed by atoms with Gasteiger partial charge in [0, 0.05) is 5.56 Å². The Morgan fingerprint density at radius 2 is 1.93 bits per heavy atom. The van der Waals surface area contributed by atoms with Gasteiger partial charge in [-0.25, -0.2) is 9.24 Å². The van der Waals surface area contributed by atoms with Gasteiger partial charge in [-0.2, -0.15) is 0 Å². The Hall–Kier alpha value is -2.75. The second-order valence-electron chi connectivity index (χ2n) is 6.30. The first-order chi connectivity index (χ1) is 12.9. The molecule has 0 aliphatic carbocycles. The molecule has 138 valence electrons. The van der Waals surface area contributed by atoms with E-state index in [4.69, 9.17) is 22.6 Å². The summed E-state index contributed by atoms with van der Waals surface area (Å²) >= 11 is 6.25. The highest BCUT2D eigenvalue weighted by molar-refractivity contribution is 6.34. The van der Waals surface area contributed by atoms with E-state index in [-0.39, 0.29) is 17.6 Å². The van der Waals surface area contributed by atoms with Gasteiger partial charge in [0.25, 0.3) is 0 Å². The van der Waals surface area contributed by atoms with Crippen LogP contribution >= 0.6 is 11.6 Å². The first-order valence-corrected chi connectivity index (χ1v) is 8.71. The summed E-state index contributed by atoms with van der Waals surface area (Å²) in [6, 6.07) is 9.22. The van der Waals surface area contributed by atoms with Gasteiger partial charge in [0.05, 0.1) is 23.6 Å². The van der Waals surface area contributed by atoms with E-state index >= 15 is 0 Å². The van der Waals surface area contributed by atoms with E-state index in [0.717, 1.165) is 11.1 Å². The van der Waals surface area contributed by atoms with Gasteiger partial charge >= 0.3 is 0 Å². The van der Waals surface area contributed by atoms with E-state index in [1.807, 2.05) is 13.0 Å². The molecule has 5 nitrogen and oxygen atoms in total. The van der Waals surface area contributed by atoms with Crippen LogP contribution in [0.2, 0.25) is 5.02 Å². The number of aromatic nitrogens is 2. The molecular formula is C20H17ClFN3O2. The number of aliphatic hydroxyl groups excluding tert-OH is 1. The fraction of sp³-hybridized carbons (Fsp3) is 0.250. The van der Waals surface area contributed by atoms with Crippen LogP contribution in [0.4, 0.5) is 10.1 Å². The zero-order chi connectivity index (χ0) is 19.6. The van der Waals surface area contributed by atoms with E-state index in [0.29, 0.717) is 22.7 Å². The molecule has 2 atom stereocenters. The Bertz CT molecular complexity index is 993. The quantitative estimate of drug-likeness (QED) is 0.621. The van der Waals surface area contributed by atoms with E-state index in [2.05, 4.69) is 15.0 Å². The lowest BCUT2D eigenvalue weighted by molar-refractivity contribution is 0.148. The summed E-state index contributed by atoms with van der Waals surface area (Å²) in [4.78, 5) is 3.39. The van der Waals surface area contributed by atoms with Crippen LogP contribution in [-0.2, 0) is 6.42 Å². The van der Waals surface area contributed by atoms with Crippen LogP contribution in [0, 0.1) is 19.3 Å². The summed E-state index contributed by atoms with van der Waals surface area (Å²) < 4.78 is 18.8. The van der Waals surface area contributed by atoms with Crippen molar-refractivity contribution in [2.24, 2.45) is 0 Å². The predicted octanol–water partition coefficient (Wildman–Crippen LogP) is 5.10. The van der Waals surface area contributed by atoms with E-state index in [1.54, 1.807) is 25.1 Å². The Labute approximate surface area is 161 Å². The van der Waals surface area contributed by atoms with Crippen molar-refractivity contribution in [3.05, 3.63) is 75.7 Å². The van der Waals surface area contributed by atoms with Crippen molar-refractivity contribution < 1.29 is 13.9 Å². The molecule has 0 radical (unpaired) electrons. The number of aliphatic hydroxyl groups is 1. The smallest absolute Gasteiger partial charge is 0.247 e.